The summed E-state index contributed by atoms with van der Waals surface area (Å²) < 4.78 is 27.8. The third kappa shape index (κ3) is 2.36. The minimum atomic E-state index is -2.72. The van der Waals surface area contributed by atoms with Gasteiger partial charge in [0.15, 0.2) is 0 Å². The maximum Gasteiger partial charge on any atom is 0.255 e. The van der Waals surface area contributed by atoms with E-state index in [1.165, 1.54) is 13.1 Å². The molecule has 1 aliphatic carbocycles. The summed E-state index contributed by atoms with van der Waals surface area (Å²) in [6.45, 7) is 3.43. The van der Waals surface area contributed by atoms with Crippen LogP contribution in [0.2, 0.25) is 0 Å². The summed E-state index contributed by atoms with van der Waals surface area (Å²) >= 11 is 0. The Bertz CT molecular complexity index is 725. The van der Waals surface area contributed by atoms with E-state index in [-0.39, 0.29) is 18.9 Å². The third-order valence-corrected chi connectivity index (χ3v) is 4.74. The zero-order valence-corrected chi connectivity index (χ0v) is 12.7. The topological polar surface area (TPSA) is 57.8 Å². The van der Waals surface area contributed by atoms with Crippen molar-refractivity contribution in [3.8, 4) is 0 Å². The Labute approximate surface area is 127 Å². The number of alkyl halides is 2. The number of amides is 1. The Morgan fingerprint density at radius 2 is 2.23 bits per heavy atom. The average Bonchev–Trinajstić information content (AvgIpc) is 2.97. The fraction of sp³-hybridized carbons (Fsp3) is 0.500. The van der Waals surface area contributed by atoms with Gasteiger partial charge in [0.1, 0.15) is 5.65 Å². The van der Waals surface area contributed by atoms with E-state index in [0.717, 1.165) is 10.9 Å². The summed E-state index contributed by atoms with van der Waals surface area (Å²) in [7, 11) is 0. The molecule has 1 aliphatic rings. The molecule has 0 aromatic carbocycles. The molecule has 2 N–H and O–H groups in total. The molecule has 22 heavy (non-hydrogen) atoms. The number of aromatic nitrogens is 2. The van der Waals surface area contributed by atoms with E-state index in [4.69, 9.17) is 0 Å². The van der Waals surface area contributed by atoms with Crippen molar-refractivity contribution < 1.29 is 13.6 Å². The predicted octanol–water partition coefficient (Wildman–Crippen LogP) is 3.43. The van der Waals surface area contributed by atoms with Crippen LogP contribution in [0.5, 0.6) is 0 Å². The highest BCUT2D eigenvalue weighted by atomic mass is 19.3. The lowest BCUT2D eigenvalue weighted by molar-refractivity contribution is -0.0872. The molecule has 0 aliphatic heterocycles. The van der Waals surface area contributed by atoms with Crippen LogP contribution in [0.4, 0.5) is 8.78 Å². The van der Waals surface area contributed by atoms with Gasteiger partial charge in [-0.2, -0.15) is 0 Å². The summed E-state index contributed by atoms with van der Waals surface area (Å²) in [5.41, 5.74) is 0.930. The van der Waals surface area contributed by atoms with Crippen LogP contribution in [0.25, 0.3) is 11.0 Å². The lowest BCUT2D eigenvalue weighted by atomic mass is 9.85. The third-order valence-electron chi connectivity index (χ3n) is 4.74. The minimum Gasteiger partial charge on any atom is -0.351 e. The monoisotopic (exact) mass is 307 g/mol. The normalized spacial score (nSPS) is 23.8. The van der Waals surface area contributed by atoms with Crippen molar-refractivity contribution in [2.24, 2.45) is 5.41 Å². The molecule has 2 aromatic heterocycles. The quantitative estimate of drug-likeness (QED) is 0.912. The standard InChI is InChI=1S/C16H19F2N3O/c1-10-7-19-13-12(10)6-11(8-20-13)14(22)21-9-15(2)4-3-5-16(15,17)18/h6-8H,3-5,9H2,1-2H3,(H,19,20)(H,21,22). The van der Waals surface area contributed by atoms with Crippen molar-refractivity contribution in [1.29, 1.82) is 0 Å². The fourth-order valence-electron chi connectivity index (χ4n) is 3.04. The highest BCUT2D eigenvalue weighted by molar-refractivity contribution is 5.97. The number of halogens is 2. The molecule has 1 saturated carbocycles. The van der Waals surface area contributed by atoms with Crippen molar-refractivity contribution in [2.75, 3.05) is 6.54 Å². The lowest BCUT2D eigenvalue weighted by Crippen LogP contribution is -2.44. The van der Waals surface area contributed by atoms with Crippen molar-refractivity contribution in [2.45, 2.75) is 39.0 Å². The van der Waals surface area contributed by atoms with Gasteiger partial charge >= 0.3 is 0 Å². The summed E-state index contributed by atoms with van der Waals surface area (Å²) in [6.07, 6.45) is 4.10. The molecule has 0 radical (unpaired) electrons. The van der Waals surface area contributed by atoms with Gasteiger partial charge in [-0.15, -0.1) is 0 Å². The van der Waals surface area contributed by atoms with E-state index in [9.17, 15) is 13.6 Å². The number of H-pyrrole nitrogens is 1. The van der Waals surface area contributed by atoms with Crippen LogP contribution in [0.3, 0.4) is 0 Å². The first-order valence-electron chi connectivity index (χ1n) is 7.42. The number of hydrogen-bond donors (Lipinski definition) is 2. The van der Waals surface area contributed by atoms with Crippen molar-refractivity contribution >= 4 is 16.9 Å². The van der Waals surface area contributed by atoms with E-state index >= 15 is 0 Å². The molecule has 2 aromatic rings. The number of carbonyl (C=O) groups is 1. The predicted molar refractivity (Wildman–Crippen MR) is 80.1 cm³/mol. The molecule has 0 bridgehead atoms. The molecule has 1 atom stereocenters. The maximum atomic E-state index is 13.9. The first-order chi connectivity index (χ1) is 10.3. The van der Waals surface area contributed by atoms with Gasteiger partial charge in [-0.25, -0.2) is 13.8 Å². The molecular weight excluding hydrogens is 288 g/mol. The number of nitrogens with one attached hydrogen (secondary N) is 2. The molecule has 0 saturated heterocycles. The van der Waals surface area contributed by atoms with Crippen molar-refractivity contribution in [3.63, 3.8) is 0 Å². The molecule has 1 fully saturated rings. The molecule has 2 heterocycles. The summed E-state index contributed by atoms with van der Waals surface area (Å²) in [5, 5.41) is 3.51. The second kappa shape index (κ2) is 5.04. The summed E-state index contributed by atoms with van der Waals surface area (Å²) in [5.74, 6) is -3.08. The van der Waals surface area contributed by atoms with Gasteiger partial charge in [0.05, 0.1) is 5.56 Å². The highest BCUT2D eigenvalue weighted by Crippen LogP contribution is 2.49. The van der Waals surface area contributed by atoms with Gasteiger partial charge in [0.25, 0.3) is 11.8 Å². The van der Waals surface area contributed by atoms with Crippen molar-refractivity contribution in [1.82, 2.24) is 15.3 Å². The van der Waals surface area contributed by atoms with E-state index in [0.29, 0.717) is 24.1 Å². The van der Waals surface area contributed by atoms with Gasteiger partial charge in [0, 0.05) is 36.2 Å². The molecule has 118 valence electrons. The average molecular weight is 307 g/mol. The van der Waals surface area contributed by atoms with Crippen LogP contribution >= 0.6 is 0 Å². The minimum absolute atomic E-state index is 0.0248. The Morgan fingerprint density at radius 3 is 2.91 bits per heavy atom. The van der Waals surface area contributed by atoms with Crippen molar-refractivity contribution in [3.05, 3.63) is 29.6 Å². The Kier molecular flexibility index (Phi) is 3.42. The lowest BCUT2D eigenvalue weighted by Gasteiger charge is -2.31. The van der Waals surface area contributed by atoms with Crippen LogP contribution < -0.4 is 5.32 Å². The van der Waals surface area contributed by atoms with Gasteiger partial charge < -0.3 is 10.3 Å². The van der Waals surface area contributed by atoms with E-state index in [2.05, 4.69) is 15.3 Å². The van der Waals surface area contributed by atoms with E-state index in [1.807, 2.05) is 13.1 Å². The highest BCUT2D eigenvalue weighted by Gasteiger charge is 2.53. The largest absolute Gasteiger partial charge is 0.351 e. The maximum absolute atomic E-state index is 13.9. The number of rotatable bonds is 3. The number of aryl methyl sites for hydroxylation is 1. The number of carbonyl (C=O) groups excluding carboxylic acids is 1. The molecule has 1 unspecified atom stereocenters. The van der Waals surface area contributed by atoms with Crippen LogP contribution in [0.15, 0.2) is 18.5 Å². The van der Waals surface area contributed by atoms with Gasteiger partial charge in [0.2, 0.25) is 0 Å². The molecular formula is C16H19F2N3O. The van der Waals surface area contributed by atoms with Crippen LogP contribution in [-0.2, 0) is 0 Å². The molecule has 6 heteroatoms. The Balaban J connectivity index is 1.75. The molecule has 3 rings (SSSR count). The van der Waals surface area contributed by atoms with Crippen LogP contribution in [-0.4, -0.2) is 28.3 Å². The first-order valence-corrected chi connectivity index (χ1v) is 7.42. The second-order valence-electron chi connectivity index (χ2n) is 6.39. The summed E-state index contributed by atoms with van der Waals surface area (Å²) in [4.78, 5) is 19.4. The zero-order valence-electron chi connectivity index (χ0n) is 12.7. The molecule has 1 amide bonds. The van der Waals surface area contributed by atoms with E-state index in [1.54, 1.807) is 6.07 Å². The number of nitrogens with zero attached hydrogens (tertiary/aromatic N) is 1. The SMILES string of the molecule is Cc1c[nH]c2ncc(C(=O)NCC3(C)CCCC3(F)F)cc12. The number of fused-ring (bicyclic) bond motifs is 1. The van der Waals surface area contributed by atoms with Crippen LogP contribution in [0.1, 0.15) is 42.1 Å². The second-order valence-corrected chi connectivity index (χ2v) is 6.39. The number of hydrogen-bond acceptors (Lipinski definition) is 2. The zero-order chi connectivity index (χ0) is 16.0. The van der Waals surface area contributed by atoms with Gasteiger partial charge in [-0.3, -0.25) is 4.79 Å². The Hall–Kier alpha value is -1.98. The first kappa shape index (κ1) is 14.9. The molecule has 4 nitrogen and oxygen atoms in total. The Morgan fingerprint density at radius 1 is 1.45 bits per heavy atom. The summed E-state index contributed by atoms with van der Waals surface area (Å²) in [6, 6.07) is 1.73. The number of aromatic amines is 1. The molecule has 0 spiro atoms. The van der Waals surface area contributed by atoms with Gasteiger partial charge in [-0.1, -0.05) is 6.92 Å². The van der Waals surface area contributed by atoms with Crippen LogP contribution in [0, 0.1) is 12.3 Å². The smallest absolute Gasteiger partial charge is 0.255 e. The fourth-order valence-corrected chi connectivity index (χ4v) is 3.04. The number of pyridine rings is 1. The van der Waals surface area contributed by atoms with E-state index < -0.39 is 11.3 Å². The van der Waals surface area contributed by atoms with Gasteiger partial charge in [-0.05, 0) is 31.4 Å².